The number of hydrogen-bond acceptors (Lipinski definition) is 3. The molecule has 0 fully saturated rings. The van der Waals surface area contributed by atoms with Gasteiger partial charge in [-0.05, 0) is 18.9 Å². The van der Waals surface area contributed by atoms with Crippen molar-refractivity contribution < 1.29 is 14.1 Å². The van der Waals surface area contributed by atoms with Crippen LogP contribution in [-0.4, -0.2) is 18.1 Å². The van der Waals surface area contributed by atoms with Crippen LogP contribution in [-0.2, 0) is 15.7 Å². The molecule has 0 saturated heterocycles. The van der Waals surface area contributed by atoms with E-state index >= 15 is 0 Å². The topological polar surface area (TPSA) is 59.2 Å². The van der Waals surface area contributed by atoms with E-state index in [2.05, 4.69) is 4.98 Å². The van der Waals surface area contributed by atoms with Crippen LogP contribution in [0.1, 0.15) is 28.5 Å². The van der Waals surface area contributed by atoms with Gasteiger partial charge in [0.25, 0.3) is 0 Å². The van der Waals surface area contributed by atoms with Gasteiger partial charge in [-0.15, -0.1) is 0 Å². The molecule has 0 saturated carbocycles. The third-order valence-electron chi connectivity index (χ3n) is 4.57. The third-order valence-corrected chi connectivity index (χ3v) is 7.63. The van der Waals surface area contributed by atoms with Gasteiger partial charge in [-0.2, -0.15) is 0 Å². The van der Waals surface area contributed by atoms with Gasteiger partial charge in [0.1, 0.15) is 0 Å². The summed E-state index contributed by atoms with van der Waals surface area (Å²) in [7, 11) is -1.79. The van der Waals surface area contributed by atoms with Crippen LogP contribution in [0.4, 0.5) is 0 Å². The highest BCUT2D eigenvalue weighted by molar-refractivity contribution is 7.85. The molecule has 0 radical (unpaired) electrons. The van der Waals surface area contributed by atoms with Gasteiger partial charge < -0.3 is 14.3 Å². The molecule has 4 nitrogen and oxygen atoms in total. The minimum Gasteiger partial charge on any atom is -0.465 e. The number of aryl methyl sites for hydroxylation is 1. The summed E-state index contributed by atoms with van der Waals surface area (Å²) in [5.74, 6) is -0.408. The number of methoxy groups -OCH3 is 1. The van der Waals surface area contributed by atoms with E-state index in [1.165, 1.54) is 7.11 Å². The predicted molar refractivity (Wildman–Crippen MR) is 106 cm³/mol. The first-order valence-electron chi connectivity index (χ1n) is 8.55. The summed E-state index contributed by atoms with van der Waals surface area (Å²) >= 11 is 0. The van der Waals surface area contributed by atoms with Crippen molar-refractivity contribution in [3.8, 4) is 0 Å². The van der Waals surface area contributed by atoms with Crippen LogP contribution >= 0.6 is 7.14 Å². The lowest BCUT2D eigenvalue weighted by molar-refractivity contribution is 0.0599. The second-order valence-corrected chi connectivity index (χ2v) is 8.78. The zero-order valence-corrected chi connectivity index (χ0v) is 16.0. The zero-order chi connectivity index (χ0) is 18.7. The SMILES string of the molecule is CCc1c(P(=O)(c2ccccc2)c2ccccc2)[nH]c(C)c1C(=O)OC. The zero-order valence-electron chi connectivity index (χ0n) is 15.2. The van der Waals surface area contributed by atoms with E-state index in [4.69, 9.17) is 4.74 Å². The Balaban J connectivity index is 2.35. The van der Waals surface area contributed by atoms with E-state index in [9.17, 15) is 9.36 Å². The molecule has 0 bridgehead atoms. The van der Waals surface area contributed by atoms with Crippen LogP contribution in [0.2, 0.25) is 0 Å². The lowest BCUT2D eigenvalue weighted by Crippen LogP contribution is -2.28. The largest absolute Gasteiger partial charge is 0.465 e. The molecule has 0 spiro atoms. The Bertz CT molecular complexity index is 918. The van der Waals surface area contributed by atoms with Crippen molar-refractivity contribution in [1.82, 2.24) is 4.98 Å². The summed E-state index contributed by atoms with van der Waals surface area (Å²) in [4.78, 5) is 15.5. The number of ether oxygens (including phenoxy) is 1. The van der Waals surface area contributed by atoms with Crippen molar-refractivity contribution in [3.63, 3.8) is 0 Å². The lowest BCUT2D eigenvalue weighted by atomic mass is 10.1. The molecule has 1 aromatic heterocycles. The summed E-state index contributed by atoms with van der Waals surface area (Å²) in [6.45, 7) is 3.77. The number of carbonyl (C=O) groups is 1. The van der Waals surface area contributed by atoms with E-state index in [0.717, 1.165) is 16.2 Å². The van der Waals surface area contributed by atoms with Crippen molar-refractivity contribution in [3.05, 3.63) is 77.5 Å². The summed E-state index contributed by atoms with van der Waals surface area (Å²) in [5.41, 5.74) is 2.52. The number of aromatic amines is 1. The Morgan fingerprint density at radius 1 is 1.00 bits per heavy atom. The van der Waals surface area contributed by atoms with Crippen LogP contribution in [0.25, 0.3) is 0 Å². The number of aromatic nitrogens is 1. The summed E-state index contributed by atoms with van der Waals surface area (Å²) in [6.07, 6.45) is 0.577. The Morgan fingerprint density at radius 3 is 1.92 bits per heavy atom. The van der Waals surface area contributed by atoms with E-state index < -0.39 is 13.1 Å². The molecule has 0 aliphatic rings. The maximum absolute atomic E-state index is 14.5. The summed E-state index contributed by atoms with van der Waals surface area (Å²) in [6, 6.07) is 18.8. The lowest BCUT2D eigenvalue weighted by Gasteiger charge is -2.20. The molecule has 0 aliphatic heterocycles. The predicted octanol–water partition coefficient (Wildman–Crippen LogP) is 3.31. The van der Waals surface area contributed by atoms with Gasteiger partial charge >= 0.3 is 5.97 Å². The molecule has 0 aliphatic carbocycles. The van der Waals surface area contributed by atoms with Crippen molar-refractivity contribution >= 4 is 29.2 Å². The van der Waals surface area contributed by atoms with Crippen LogP contribution < -0.4 is 16.0 Å². The quantitative estimate of drug-likeness (QED) is 0.556. The van der Waals surface area contributed by atoms with Gasteiger partial charge in [0.2, 0.25) is 0 Å². The number of rotatable bonds is 5. The first-order valence-corrected chi connectivity index (χ1v) is 10.3. The van der Waals surface area contributed by atoms with Gasteiger partial charge in [-0.1, -0.05) is 67.6 Å². The second kappa shape index (κ2) is 7.35. The van der Waals surface area contributed by atoms with Crippen LogP contribution in [0.15, 0.2) is 60.7 Å². The fourth-order valence-electron chi connectivity index (χ4n) is 3.33. The highest BCUT2D eigenvalue weighted by Crippen LogP contribution is 2.44. The number of H-pyrrole nitrogens is 1. The molecule has 1 heterocycles. The standard InChI is InChI=1S/C21H22NO3P/c1-4-18-19(21(23)25-3)15(2)22-20(18)26(24,16-11-7-5-8-12-16)17-13-9-6-10-14-17/h5-14,22H,4H2,1-3H3. The first-order chi connectivity index (χ1) is 12.5. The fraction of sp³-hybridized carbons (Fsp3) is 0.190. The fourth-order valence-corrected chi connectivity index (χ4v) is 6.31. The van der Waals surface area contributed by atoms with E-state index in [1.807, 2.05) is 74.5 Å². The highest BCUT2D eigenvalue weighted by atomic mass is 31.2. The molecule has 1 N–H and O–H groups in total. The molecule has 0 unspecified atom stereocenters. The molecule has 0 amide bonds. The molecule has 5 heteroatoms. The number of benzene rings is 2. The Labute approximate surface area is 153 Å². The molecular formula is C21H22NO3P. The van der Waals surface area contributed by atoms with Crippen LogP contribution in [0.5, 0.6) is 0 Å². The third kappa shape index (κ3) is 2.91. The van der Waals surface area contributed by atoms with Gasteiger partial charge in [-0.3, -0.25) is 0 Å². The Kier molecular flexibility index (Phi) is 5.15. The summed E-state index contributed by atoms with van der Waals surface area (Å²) < 4.78 is 19.4. The van der Waals surface area contributed by atoms with Crippen molar-refractivity contribution in [2.75, 3.05) is 7.11 Å². The Morgan fingerprint density at radius 2 is 1.50 bits per heavy atom. The second-order valence-electron chi connectivity index (χ2n) is 6.08. The average Bonchev–Trinajstić information content (AvgIpc) is 3.04. The van der Waals surface area contributed by atoms with Gasteiger partial charge in [0.15, 0.2) is 7.14 Å². The highest BCUT2D eigenvalue weighted by Gasteiger charge is 2.36. The minimum atomic E-state index is -3.15. The van der Waals surface area contributed by atoms with Crippen molar-refractivity contribution in [2.24, 2.45) is 0 Å². The molecular weight excluding hydrogens is 345 g/mol. The van der Waals surface area contributed by atoms with Gasteiger partial charge in [0.05, 0.1) is 18.1 Å². The maximum atomic E-state index is 14.5. The normalized spacial score (nSPS) is 11.3. The average molecular weight is 367 g/mol. The monoisotopic (exact) mass is 367 g/mol. The molecule has 26 heavy (non-hydrogen) atoms. The molecule has 2 aromatic carbocycles. The minimum absolute atomic E-state index is 0.408. The Hall–Kier alpha value is -2.58. The number of esters is 1. The van der Waals surface area contributed by atoms with Gasteiger partial charge in [0, 0.05) is 16.3 Å². The van der Waals surface area contributed by atoms with Crippen molar-refractivity contribution in [1.29, 1.82) is 0 Å². The molecule has 3 aromatic rings. The van der Waals surface area contributed by atoms with Crippen LogP contribution in [0.3, 0.4) is 0 Å². The number of carbonyl (C=O) groups excluding carboxylic acids is 1. The maximum Gasteiger partial charge on any atom is 0.339 e. The smallest absolute Gasteiger partial charge is 0.339 e. The van der Waals surface area contributed by atoms with E-state index in [0.29, 0.717) is 23.1 Å². The first kappa shape index (κ1) is 18.2. The van der Waals surface area contributed by atoms with E-state index in [1.54, 1.807) is 0 Å². The summed E-state index contributed by atoms with van der Waals surface area (Å²) in [5, 5.41) is 1.47. The molecule has 3 rings (SSSR count). The van der Waals surface area contributed by atoms with Gasteiger partial charge in [-0.25, -0.2) is 4.79 Å². The van der Waals surface area contributed by atoms with E-state index in [-0.39, 0.29) is 0 Å². The molecule has 0 atom stereocenters. The van der Waals surface area contributed by atoms with Crippen LogP contribution in [0, 0.1) is 6.92 Å². The van der Waals surface area contributed by atoms with Crippen molar-refractivity contribution in [2.45, 2.75) is 20.3 Å². The molecule has 134 valence electrons. The number of hydrogen-bond donors (Lipinski definition) is 1. The number of nitrogens with one attached hydrogen (secondary N) is 1.